The first-order valence-corrected chi connectivity index (χ1v) is 24.3. The first-order chi connectivity index (χ1) is 34.1. The van der Waals surface area contributed by atoms with Crippen LogP contribution in [-0.4, -0.2) is 14.1 Å². The molecule has 0 unspecified atom stereocenters. The van der Waals surface area contributed by atoms with Crippen LogP contribution >= 0.6 is 0 Å². The summed E-state index contributed by atoms with van der Waals surface area (Å²) in [5.41, 5.74) is 11.7. The number of nitrogens with zero attached hydrogens (tertiary/aromatic N) is 4. The minimum absolute atomic E-state index is 0. The fraction of sp³-hybridized carbons (Fsp3) is 0.169. The van der Waals surface area contributed by atoms with E-state index in [0.29, 0.717) is 11.5 Å². The van der Waals surface area contributed by atoms with Gasteiger partial charge in [0, 0.05) is 51.3 Å². The average Bonchev–Trinajstić information content (AvgIpc) is 3.92. The van der Waals surface area contributed by atoms with Crippen LogP contribution in [0, 0.1) is 18.8 Å². The number of hydrogen-bond donors (Lipinski definition) is 0. The van der Waals surface area contributed by atoms with Crippen LogP contribution in [0.5, 0.6) is 11.5 Å². The van der Waals surface area contributed by atoms with Gasteiger partial charge in [-0.25, -0.2) is 4.98 Å². The molecule has 1 aliphatic heterocycles. The van der Waals surface area contributed by atoms with Gasteiger partial charge in [-0.2, -0.15) is 12.1 Å². The molecule has 3 aromatic heterocycles. The van der Waals surface area contributed by atoms with Crippen molar-refractivity contribution < 1.29 is 27.2 Å². The van der Waals surface area contributed by atoms with Gasteiger partial charge in [0.1, 0.15) is 5.82 Å². The summed E-state index contributed by atoms with van der Waals surface area (Å²) >= 11 is 0. The van der Waals surface area contributed by atoms with E-state index in [9.17, 15) is 0 Å². The molecule has 0 radical (unpaired) electrons. The molecule has 0 amide bonds. The Morgan fingerprint density at radius 2 is 1.14 bits per heavy atom. The zero-order valence-electron chi connectivity index (χ0n) is 42.3. The van der Waals surface area contributed by atoms with Gasteiger partial charge in [0.2, 0.25) is 0 Å². The number of benzene rings is 8. The van der Waals surface area contributed by atoms with Crippen molar-refractivity contribution in [3.05, 3.63) is 212 Å². The second-order valence-electron chi connectivity index (χ2n) is 21.0. The van der Waals surface area contributed by atoms with Crippen molar-refractivity contribution in [2.24, 2.45) is 0 Å². The van der Waals surface area contributed by atoms with E-state index in [4.69, 9.17) is 11.1 Å². The van der Waals surface area contributed by atoms with Gasteiger partial charge in [-0.15, -0.1) is 35.7 Å². The number of aromatic nitrogens is 3. The number of rotatable bonds is 6. The molecule has 0 fully saturated rings. The summed E-state index contributed by atoms with van der Waals surface area (Å²) in [4.78, 5) is 7.07. The number of fused-ring (bicyclic) bond motifs is 10. The third-order valence-corrected chi connectivity index (χ3v) is 14.1. The van der Waals surface area contributed by atoms with Gasteiger partial charge in [0.25, 0.3) is 0 Å². The second-order valence-corrected chi connectivity index (χ2v) is 21.0. The fourth-order valence-electron chi connectivity index (χ4n) is 10.4. The Morgan fingerprint density at radius 3 is 1.80 bits per heavy atom. The van der Waals surface area contributed by atoms with Gasteiger partial charge in [0.05, 0.1) is 0 Å². The zero-order chi connectivity index (χ0) is 49.0. The third-order valence-electron chi connectivity index (χ3n) is 14.1. The van der Waals surface area contributed by atoms with Crippen LogP contribution in [-0.2, 0) is 31.9 Å². The van der Waals surface area contributed by atoms with Gasteiger partial charge in [-0.05, 0) is 124 Å². The Labute approximate surface area is 432 Å². The molecule has 0 atom stereocenters. The first kappa shape index (κ1) is 44.8. The predicted octanol–water partition coefficient (Wildman–Crippen LogP) is 17.6. The Kier molecular flexibility index (Phi) is 11.1. The van der Waals surface area contributed by atoms with Crippen LogP contribution < -0.4 is 9.64 Å². The van der Waals surface area contributed by atoms with Crippen LogP contribution in [0.2, 0.25) is 0 Å². The molecule has 0 spiro atoms. The summed E-state index contributed by atoms with van der Waals surface area (Å²) in [5.74, 6) is 1.07. The molecule has 1 aliphatic rings. The number of pyridine rings is 1. The first-order valence-electron chi connectivity index (χ1n) is 24.8. The summed E-state index contributed by atoms with van der Waals surface area (Å²) in [7, 11) is 0. The standard InChI is InChI=1S/C65H55N4O.Pt/c1-41(2)42-32-33-66-61(36-42)69-58-28-14-13-24-54(58)55-31-30-48(39-60(55)69)70-47-19-15-18-46(38-47)67-40-68-62-49(43-34-44(64(3,4)5)37-45(35-43)65(6,7)8)25-16-26-56(62)52-22-11-9-20-50(52)51-21-10-12-23-53(51)57-27-17-29-59(67)63(57)68;/h9-37,40-41H,1-8H3;/q-3;/i41D;. The zero-order valence-corrected chi connectivity index (χ0v) is 43.6. The van der Waals surface area contributed by atoms with Gasteiger partial charge >= 0.3 is 0 Å². The number of anilines is 2. The molecule has 71 heavy (non-hydrogen) atoms. The SMILES string of the molecule is [2H]C(C)(C)c1ccnc(-n2c3[c-]c(Oc4[c-]c(N5[CH-]n6c7c(-c8cc(C(C)(C)C)cc(C(C)(C)C)c8)cccc7c7ccccc7c7ccccc7c7cccc5c76)ccc4)ccc3c3ccccc32)c1.[Pt]. The van der Waals surface area contributed by atoms with E-state index in [2.05, 4.69) is 208 Å². The molecule has 12 rings (SSSR count). The van der Waals surface area contributed by atoms with Crippen LogP contribution in [0.1, 0.15) is 79.3 Å². The van der Waals surface area contributed by atoms with Crippen LogP contribution in [0.4, 0.5) is 11.4 Å². The molecule has 354 valence electrons. The van der Waals surface area contributed by atoms with E-state index in [-0.39, 0.29) is 31.9 Å². The smallest absolute Gasteiger partial charge is 0.135 e. The maximum Gasteiger partial charge on any atom is 0.135 e. The number of para-hydroxylation sites is 3. The van der Waals surface area contributed by atoms with Gasteiger partial charge in [-0.1, -0.05) is 182 Å². The molecule has 0 aliphatic carbocycles. The molecule has 4 heterocycles. The molecule has 5 nitrogen and oxygen atoms in total. The molecule has 0 saturated carbocycles. The maximum atomic E-state index is 8.77. The minimum Gasteiger partial charge on any atom is -0.509 e. The van der Waals surface area contributed by atoms with E-state index in [1.54, 1.807) is 6.20 Å². The largest absolute Gasteiger partial charge is 0.509 e. The molecule has 11 aromatic rings. The van der Waals surface area contributed by atoms with Crippen molar-refractivity contribution in [2.45, 2.75) is 72.1 Å². The summed E-state index contributed by atoms with van der Waals surface area (Å²) in [6.45, 7) is 19.9. The molecular weight excluding hydrogens is 1050 g/mol. The van der Waals surface area contributed by atoms with E-state index >= 15 is 0 Å². The molecule has 6 heteroatoms. The number of ether oxygens (including phenoxy) is 1. The van der Waals surface area contributed by atoms with E-state index < -0.39 is 5.89 Å². The maximum absolute atomic E-state index is 8.77. The monoisotopic (exact) mass is 1100 g/mol. The van der Waals surface area contributed by atoms with Crippen molar-refractivity contribution in [3.8, 4) is 28.4 Å². The quantitative estimate of drug-likeness (QED) is 0.156. The van der Waals surface area contributed by atoms with Crippen LogP contribution in [0.25, 0.3) is 82.1 Å². The Bertz CT molecular complexity index is 4000. The molecule has 8 aromatic carbocycles. The van der Waals surface area contributed by atoms with Crippen molar-refractivity contribution in [1.29, 1.82) is 0 Å². The molecule has 0 bridgehead atoms. The van der Waals surface area contributed by atoms with E-state index in [1.807, 2.05) is 50.2 Å². The van der Waals surface area contributed by atoms with Gasteiger partial charge in [-0.3, -0.25) is 0 Å². The third kappa shape index (κ3) is 7.92. The summed E-state index contributed by atoms with van der Waals surface area (Å²) in [5, 5.41) is 9.17. The molecule has 0 N–H and O–H groups in total. The van der Waals surface area contributed by atoms with Crippen LogP contribution in [0.3, 0.4) is 0 Å². The average molecular weight is 1100 g/mol. The normalized spacial score (nSPS) is 13.0. The van der Waals surface area contributed by atoms with Crippen LogP contribution in [0.15, 0.2) is 176 Å². The topological polar surface area (TPSA) is 35.2 Å². The fourth-order valence-corrected chi connectivity index (χ4v) is 10.4. The van der Waals surface area contributed by atoms with E-state index in [0.717, 1.165) is 71.9 Å². The summed E-state index contributed by atoms with van der Waals surface area (Å²) in [6, 6.07) is 68.1. The molecular formula is C65H55N4OPt-3. The van der Waals surface area contributed by atoms with Crippen molar-refractivity contribution >= 4 is 76.5 Å². The van der Waals surface area contributed by atoms with Gasteiger partial charge < -0.3 is 18.8 Å². The second kappa shape index (κ2) is 17.5. The van der Waals surface area contributed by atoms with Crippen molar-refractivity contribution in [2.75, 3.05) is 4.90 Å². The predicted molar refractivity (Wildman–Crippen MR) is 294 cm³/mol. The van der Waals surface area contributed by atoms with Gasteiger partial charge in [0.15, 0.2) is 0 Å². The Balaban J connectivity index is 0.00000560. The summed E-state index contributed by atoms with van der Waals surface area (Å²) in [6.07, 6.45) is 1.79. The Hall–Kier alpha value is -7.33. The summed E-state index contributed by atoms with van der Waals surface area (Å²) < 4.78 is 20.1. The number of hydrogen-bond acceptors (Lipinski definition) is 3. The molecule has 0 saturated heterocycles. The Morgan fingerprint density at radius 1 is 0.563 bits per heavy atom. The van der Waals surface area contributed by atoms with Crippen molar-refractivity contribution in [1.82, 2.24) is 14.1 Å². The van der Waals surface area contributed by atoms with E-state index in [1.165, 1.54) is 38.2 Å². The van der Waals surface area contributed by atoms with Crippen molar-refractivity contribution in [3.63, 3.8) is 0 Å². The minimum atomic E-state index is -0.785.